The van der Waals surface area contributed by atoms with E-state index in [1.54, 1.807) is 0 Å². The summed E-state index contributed by atoms with van der Waals surface area (Å²) >= 11 is 0. The summed E-state index contributed by atoms with van der Waals surface area (Å²) in [5.41, 5.74) is 14.2. The standard InChI is InChI=1S/C47H32N2O/c1-47(2)40-21-10-8-17-34(40)39-27-30(23-26-41(39)47)31-24-25-35(33-16-7-6-15-32(31)33)42-28-43(49-46(48-42)29-13-4-3-5-14-29)38-20-12-19-37-36-18-9-11-22-44(36)50-45(37)38/h3-28H,1-2H3. The summed E-state index contributed by atoms with van der Waals surface area (Å²) in [6, 6.07) is 55.9. The van der Waals surface area contributed by atoms with E-state index in [9.17, 15) is 0 Å². The molecule has 7 aromatic carbocycles. The van der Waals surface area contributed by atoms with Crippen LogP contribution < -0.4 is 0 Å². The molecule has 50 heavy (non-hydrogen) atoms. The van der Waals surface area contributed by atoms with Crippen LogP contribution in [0.2, 0.25) is 0 Å². The van der Waals surface area contributed by atoms with E-state index in [0.717, 1.165) is 55.4 Å². The van der Waals surface area contributed by atoms with Crippen LogP contribution in [0.5, 0.6) is 0 Å². The van der Waals surface area contributed by atoms with Crippen molar-refractivity contribution in [2.45, 2.75) is 19.3 Å². The average molecular weight is 641 g/mol. The maximum atomic E-state index is 6.47. The lowest BCUT2D eigenvalue weighted by atomic mass is 9.82. The monoisotopic (exact) mass is 640 g/mol. The van der Waals surface area contributed by atoms with Crippen molar-refractivity contribution >= 4 is 32.7 Å². The van der Waals surface area contributed by atoms with Crippen molar-refractivity contribution in [2.75, 3.05) is 0 Å². The lowest BCUT2D eigenvalue weighted by Gasteiger charge is -2.21. The van der Waals surface area contributed by atoms with Gasteiger partial charge in [0.05, 0.1) is 11.4 Å². The lowest BCUT2D eigenvalue weighted by molar-refractivity contribution is 0.660. The highest BCUT2D eigenvalue weighted by atomic mass is 16.3. The largest absolute Gasteiger partial charge is 0.455 e. The number of benzene rings is 7. The van der Waals surface area contributed by atoms with E-state index in [-0.39, 0.29) is 5.41 Å². The van der Waals surface area contributed by atoms with Crippen LogP contribution in [0.25, 0.3) is 88.9 Å². The molecular formula is C47H32N2O. The van der Waals surface area contributed by atoms with Gasteiger partial charge in [-0.2, -0.15) is 0 Å². The number of aromatic nitrogens is 2. The van der Waals surface area contributed by atoms with Crippen LogP contribution in [0.4, 0.5) is 0 Å². The molecule has 0 radical (unpaired) electrons. The third-order valence-electron chi connectivity index (χ3n) is 10.5. The molecule has 9 aromatic rings. The number of fused-ring (bicyclic) bond motifs is 7. The zero-order chi connectivity index (χ0) is 33.4. The quantitative estimate of drug-likeness (QED) is 0.192. The summed E-state index contributed by atoms with van der Waals surface area (Å²) in [5.74, 6) is 0.680. The number of para-hydroxylation sites is 2. The van der Waals surface area contributed by atoms with Gasteiger partial charge in [0.15, 0.2) is 5.82 Å². The molecule has 0 aliphatic heterocycles. The van der Waals surface area contributed by atoms with Crippen molar-refractivity contribution in [3.8, 4) is 56.2 Å². The molecule has 2 aromatic heterocycles. The maximum absolute atomic E-state index is 6.47. The van der Waals surface area contributed by atoms with E-state index in [0.29, 0.717) is 5.82 Å². The highest BCUT2D eigenvalue weighted by Crippen LogP contribution is 2.50. The minimum atomic E-state index is -0.0235. The molecule has 0 saturated carbocycles. The van der Waals surface area contributed by atoms with Gasteiger partial charge in [0.25, 0.3) is 0 Å². The Kier molecular flexibility index (Phi) is 6.22. The van der Waals surface area contributed by atoms with E-state index in [2.05, 4.69) is 141 Å². The van der Waals surface area contributed by atoms with Gasteiger partial charge in [0.2, 0.25) is 0 Å². The fraction of sp³-hybridized carbons (Fsp3) is 0.0638. The molecule has 1 aliphatic carbocycles. The second-order valence-corrected chi connectivity index (χ2v) is 13.7. The molecule has 0 unspecified atom stereocenters. The molecule has 0 fully saturated rings. The Bertz CT molecular complexity index is 2790. The molecule has 2 heterocycles. The van der Waals surface area contributed by atoms with Gasteiger partial charge in [-0.05, 0) is 68.4 Å². The fourth-order valence-corrected chi connectivity index (χ4v) is 8.05. The van der Waals surface area contributed by atoms with Crippen molar-refractivity contribution < 1.29 is 4.42 Å². The third-order valence-corrected chi connectivity index (χ3v) is 10.5. The Morgan fingerprint density at radius 2 is 1.04 bits per heavy atom. The number of hydrogen-bond donors (Lipinski definition) is 0. The van der Waals surface area contributed by atoms with E-state index < -0.39 is 0 Å². The van der Waals surface area contributed by atoms with Crippen molar-refractivity contribution in [1.29, 1.82) is 0 Å². The van der Waals surface area contributed by atoms with Crippen LogP contribution in [0, 0.1) is 0 Å². The number of rotatable bonds is 4. The predicted octanol–water partition coefficient (Wildman–Crippen LogP) is 12.5. The summed E-state index contributed by atoms with van der Waals surface area (Å²) in [4.78, 5) is 10.4. The van der Waals surface area contributed by atoms with Crippen molar-refractivity contribution in [2.24, 2.45) is 0 Å². The van der Waals surface area contributed by atoms with E-state index in [4.69, 9.17) is 14.4 Å². The smallest absolute Gasteiger partial charge is 0.160 e. The molecule has 0 N–H and O–H groups in total. The molecule has 0 bridgehead atoms. The fourth-order valence-electron chi connectivity index (χ4n) is 8.05. The zero-order valence-electron chi connectivity index (χ0n) is 27.8. The van der Waals surface area contributed by atoms with Crippen LogP contribution in [-0.2, 0) is 5.41 Å². The number of hydrogen-bond acceptors (Lipinski definition) is 3. The van der Waals surface area contributed by atoms with Gasteiger partial charge < -0.3 is 4.42 Å². The van der Waals surface area contributed by atoms with Crippen molar-refractivity contribution in [3.05, 3.63) is 169 Å². The SMILES string of the molecule is CC1(C)c2ccccc2-c2cc(-c3ccc(-c4cc(-c5cccc6c5oc5ccccc56)nc(-c5ccccc5)n4)c4ccccc34)ccc21. The van der Waals surface area contributed by atoms with Gasteiger partial charge in [-0.25, -0.2) is 9.97 Å². The first-order valence-electron chi connectivity index (χ1n) is 17.2. The molecule has 0 amide bonds. The Hall–Kier alpha value is -6.32. The summed E-state index contributed by atoms with van der Waals surface area (Å²) in [6.07, 6.45) is 0. The first kappa shape index (κ1) is 28.7. The highest BCUT2D eigenvalue weighted by molar-refractivity contribution is 6.10. The molecule has 3 heteroatoms. The van der Waals surface area contributed by atoms with Gasteiger partial charge in [-0.3, -0.25) is 0 Å². The van der Waals surface area contributed by atoms with Crippen LogP contribution >= 0.6 is 0 Å². The second-order valence-electron chi connectivity index (χ2n) is 13.7. The second kappa shape index (κ2) is 10.8. The predicted molar refractivity (Wildman–Crippen MR) is 206 cm³/mol. The average Bonchev–Trinajstić information content (AvgIpc) is 3.66. The van der Waals surface area contributed by atoms with Gasteiger partial charge in [0, 0.05) is 32.9 Å². The van der Waals surface area contributed by atoms with Gasteiger partial charge in [0.1, 0.15) is 11.2 Å². The van der Waals surface area contributed by atoms with Crippen molar-refractivity contribution in [3.63, 3.8) is 0 Å². The van der Waals surface area contributed by atoms with Crippen LogP contribution in [0.15, 0.2) is 162 Å². The van der Waals surface area contributed by atoms with Crippen LogP contribution in [-0.4, -0.2) is 9.97 Å². The van der Waals surface area contributed by atoms with Gasteiger partial charge in [-0.15, -0.1) is 0 Å². The minimum absolute atomic E-state index is 0.0235. The molecule has 3 nitrogen and oxygen atoms in total. The normalized spacial score (nSPS) is 13.2. The summed E-state index contributed by atoms with van der Waals surface area (Å²) < 4.78 is 6.47. The summed E-state index contributed by atoms with van der Waals surface area (Å²) in [5, 5.41) is 4.52. The topological polar surface area (TPSA) is 38.9 Å². The zero-order valence-corrected chi connectivity index (χ0v) is 27.8. The van der Waals surface area contributed by atoms with Crippen LogP contribution in [0.1, 0.15) is 25.0 Å². The third kappa shape index (κ3) is 4.30. The molecule has 0 spiro atoms. The molecule has 1 aliphatic rings. The first-order chi connectivity index (χ1) is 24.5. The van der Waals surface area contributed by atoms with E-state index >= 15 is 0 Å². The Labute approximate surface area is 290 Å². The highest BCUT2D eigenvalue weighted by Gasteiger charge is 2.35. The Morgan fingerprint density at radius 3 is 1.88 bits per heavy atom. The van der Waals surface area contributed by atoms with E-state index in [1.807, 2.05) is 30.3 Å². The Morgan fingerprint density at radius 1 is 0.420 bits per heavy atom. The number of nitrogens with zero attached hydrogens (tertiary/aromatic N) is 2. The van der Waals surface area contributed by atoms with Crippen molar-refractivity contribution in [1.82, 2.24) is 9.97 Å². The first-order valence-corrected chi connectivity index (χ1v) is 17.2. The molecule has 0 saturated heterocycles. The van der Waals surface area contributed by atoms with E-state index in [1.165, 1.54) is 38.8 Å². The molecule has 10 rings (SSSR count). The van der Waals surface area contributed by atoms with Gasteiger partial charge >= 0.3 is 0 Å². The summed E-state index contributed by atoms with van der Waals surface area (Å²) in [7, 11) is 0. The molecule has 236 valence electrons. The maximum Gasteiger partial charge on any atom is 0.160 e. The minimum Gasteiger partial charge on any atom is -0.455 e. The number of furan rings is 1. The Balaban J connectivity index is 1.17. The van der Waals surface area contributed by atoms with Crippen LogP contribution in [0.3, 0.4) is 0 Å². The summed E-state index contributed by atoms with van der Waals surface area (Å²) in [6.45, 7) is 4.66. The molecular weight excluding hydrogens is 609 g/mol. The lowest BCUT2D eigenvalue weighted by Crippen LogP contribution is -2.14. The van der Waals surface area contributed by atoms with Gasteiger partial charge in [-0.1, -0.05) is 147 Å². The molecule has 0 atom stereocenters.